The van der Waals surface area contributed by atoms with Crippen LogP contribution in [0.1, 0.15) is 21.5 Å². The molecule has 0 atom stereocenters. The van der Waals surface area contributed by atoms with Gasteiger partial charge >= 0.3 is 6.36 Å². The van der Waals surface area contributed by atoms with Crippen LogP contribution in [0.25, 0.3) is 0 Å². The average Bonchev–Trinajstić information content (AvgIpc) is 3.14. The first kappa shape index (κ1) is 22.1. The van der Waals surface area contributed by atoms with Crippen molar-refractivity contribution in [1.82, 2.24) is 9.88 Å². The van der Waals surface area contributed by atoms with Crippen LogP contribution in [0.15, 0.2) is 67.0 Å². The van der Waals surface area contributed by atoms with Gasteiger partial charge in [-0.25, -0.2) is 0 Å². The van der Waals surface area contributed by atoms with Gasteiger partial charge in [0.15, 0.2) is 0 Å². The molecule has 1 aromatic heterocycles. The molecule has 3 heterocycles. The van der Waals surface area contributed by atoms with Crippen molar-refractivity contribution >= 4 is 17.3 Å². The lowest BCUT2D eigenvalue weighted by atomic mass is 10.1. The lowest BCUT2D eigenvalue weighted by Crippen LogP contribution is -2.46. The van der Waals surface area contributed by atoms with Gasteiger partial charge in [0.1, 0.15) is 5.75 Å². The quantitative estimate of drug-likeness (QED) is 0.553. The molecule has 0 saturated carbocycles. The number of hydrogen-bond acceptors (Lipinski definition) is 5. The summed E-state index contributed by atoms with van der Waals surface area (Å²) in [5.74, 6) is -0.347. The molecule has 1 fully saturated rings. The Morgan fingerprint density at radius 1 is 0.853 bits per heavy atom. The van der Waals surface area contributed by atoms with Crippen molar-refractivity contribution < 1.29 is 22.7 Å². The second kappa shape index (κ2) is 8.89. The van der Waals surface area contributed by atoms with Crippen LogP contribution in [0, 0.1) is 0 Å². The summed E-state index contributed by atoms with van der Waals surface area (Å²) in [6.07, 6.45) is -1.12. The number of nitrogens with zero attached hydrogens (tertiary/aromatic N) is 4. The van der Waals surface area contributed by atoms with Crippen LogP contribution < -0.4 is 14.5 Å². The van der Waals surface area contributed by atoms with Gasteiger partial charge in [0, 0.05) is 68.6 Å². The maximum Gasteiger partial charge on any atom is 0.573 e. The van der Waals surface area contributed by atoms with Gasteiger partial charge in [-0.3, -0.25) is 9.78 Å². The van der Waals surface area contributed by atoms with E-state index in [0.717, 1.165) is 43.0 Å². The summed E-state index contributed by atoms with van der Waals surface area (Å²) in [6.45, 7) is 4.36. The van der Waals surface area contributed by atoms with Crippen molar-refractivity contribution in [3.8, 4) is 5.75 Å². The van der Waals surface area contributed by atoms with Crippen LogP contribution in [-0.4, -0.2) is 48.3 Å². The summed E-state index contributed by atoms with van der Waals surface area (Å²) >= 11 is 0. The Bertz CT molecular complexity index is 1160. The van der Waals surface area contributed by atoms with E-state index in [1.807, 2.05) is 24.3 Å². The van der Waals surface area contributed by atoms with Crippen molar-refractivity contribution in [2.24, 2.45) is 0 Å². The van der Waals surface area contributed by atoms with Crippen LogP contribution in [0.4, 0.5) is 24.5 Å². The van der Waals surface area contributed by atoms with Crippen LogP contribution in [0.3, 0.4) is 0 Å². The number of piperazine rings is 1. The third-order valence-corrected chi connectivity index (χ3v) is 6.17. The molecule has 34 heavy (non-hydrogen) atoms. The number of anilines is 2. The van der Waals surface area contributed by atoms with E-state index < -0.39 is 6.36 Å². The van der Waals surface area contributed by atoms with Gasteiger partial charge in [-0.2, -0.15) is 0 Å². The van der Waals surface area contributed by atoms with Gasteiger partial charge in [0.2, 0.25) is 0 Å². The van der Waals surface area contributed by atoms with Gasteiger partial charge in [0.25, 0.3) is 5.91 Å². The molecule has 176 valence electrons. The van der Waals surface area contributed by atoms with E-state index in [4.69, 9.17) is 0 Å². The molecular weight excluding hydrogens is 445 g/mol. The fourth-order valence-electron chi connectivity index (χ4n) is 4.49. The van der Waals surface area contributed by atoms with Crippen molar-refractivity contribution in [3.05, 3.63) is 83.7 Å². The Balaban J connectivity index is 1.22. The number of benzene rings is 2. The van der Waals surface area contributed by atoms with Gasteiger partial charge in [-0.05, 0) is 53.6 Å². The molecule has 3 aromatic rings. The number of carbonyl (C=O) groups excluding carboxylic acids is 1. The van der Waals surface area contributed by atoms with Crippen molar-refractivity contribution in [1.29, 1.82) is 0 Å². The Morgan fingerprint density at radius 2 is 1.50 bits per heavy atom. The molecule has 1 amide bonds. The molecule has 2 aromatic carbocycles. The summed E-state index contributed by atoms with van der Waals surface area (Å²) in [6, 6.07) is 15.6. The lowest BCUT2D eigenvalue weighted by Gasteiger charge is -2.37. The highest BCUT2D eigenvalue weighted by Crippen LogP contribution is 2.30. The SMILES string of the molecule is O=C1c2ccc(N3CCN(c4ccncc4)CC3)cc2CN1Cc1ccc(OC(F)(F)F)cc1. The molecule has 0 N–H and O–H groups in total. The first-order valence-electron chi connectivity index (χ1n) is 11.0. The number of rotatable bonds is 5. The maximum absolute atomic E-state index is 12.9. The highest BCUT2D eigenvalue weighted by Gasteiger charge is 2.31. The normalized spacial score (nSPS) is 16.1. The molecule has 9 heteroatoms. The number of ether oxygens (including phenoxy) is 1. The second-order valence-electron chi connectivity index (χ2n) is 8.37. The summed E-state index contributed by atoms with van der Waals surface area (Å²) in [7, 11) is 0. The van der Waals surface area contributed by atoms with Gasteiger partial charge in [-0.15, -0.1) is 13.2 Å². The number of hydrogen-bond donors (Lipinski definition) is 0. The lowest BCUT2D eigenvalue weighted by molar-refractivity contribution is -0.274. The molecule has 0 unspecified atom stereocenters. The third-order valence-electron chi connectivity index (χ3n) is 6.17. The fourth-order valence-corrected chi connectivity index (χ4v) is 4.49. The Morgan fingerprint density at radius 3 is 2.15 bits per heavy atom. The molecule has 2 aliphatic heterocycles. The highest BCUT2D eigenvalue weighted by atomic mass is 19.4. The number of halogens is 3. The number of aromatic nitrogens is 1. The second-order valence-corrected chi connectivity index (χ2v) is 8.37. The minimum absolute atomic E-state index is 0.0697. The molecular formula is C25H23F3N4O2. The van der Waals surface area contributed by atoms with Crippen LogP contribution in [0.5, 0.6) is 5.75 Å². The smallest absolute Gasteiger partial charge is 0.406 e. The van der Waals surface area contributed by atoms with E-state index in [1.165, 1.54) is 17.8 Å². The summed E-state index contributed by atoms with van der Waals surface area (Å²) in [5.41, 5.74) is 4.65. The number of pyridine rings is 1. The van der Waals surface area contributed by atoms with Crippen molar-refractivity contribution in [2.45, 2.75) is 19.5 Å². The monoisotopic (exact) mass is 468 g/mol. The van der Waals surface area contributed by atoms with E-state index in [0.29, 0.717) is 18.7 Å². The molecule has 0 spiro atoms. The topological polar surface area (TPSA) is 48.9 Å². The van der Waals surface area contributed by atoms with Crippen molar-refractivity contribution in [3.63, 3.8) is 0 Å². The van der Waals surface area contributed by atoms with E-state index in [9.17, 15) is 18.0 Å². The highest BCUT2D eigenvalue weighted by molar-refractivity contribution is 5.98. The van der Waals surface area contributed by atoms with Crippen LogP contribution in [0.2, 0.25) is 0 Å². The Labute approximate surface area is 195 Å². The van der Waals surface area contributed by atoms with E-state index in [-0.39, 0.29) is 11.7 Å². The predicted octanol–water partition coefficient (Wildman–Crippen LogP) is 4.46. The first-order chi connectivity index (χ1) is 16.4. The minimum Gasteiger partial charge on any atom is -0.406 e. The van der Waals surface area contributed by atoms with Crippen molar-refractivity contribution in [2.75, 3.05) is 36.0 Å². The van der Waals surface area contributed by atoms with Crippen LogP contribution in [-0.2, 0) is 13.1 Å². The van der Waals surface area contributed by atoms with E-state index in [2.05, 4.69) is 25.6 Å². The molecule has 6 nitrogen and oxygen atoms in total. The molecule has 1 saturated heterocycles. The molecule has 0 bridgehead atoms. The van der Waals surface area contributed by atoms with Gasteiger partial charge < -0.3 is 19.4 Å². The number of fused-ring (bicyclic) bond motifs is 1. The van der Waals surface area contributed by atoms with Gasteiger partial charge in [-0.1, -0.05) is 12.1 Å². The fraction of sp³-hybridized carbons (Fsp3) is 0.280. The van der Waals surface area contributed by atoms with E-state index >= 15 is 0 Å². The van der Waals surface area contributed by atoms with E-state index in [1.54, 1.807) is 29.4 Å². The maximum atomic E-state index is 12.9. The summed E-state index contributed by atoms with van der Waals surface area (Å²) < 4.78 is 41.0. The third kappa shape index (κ3) is 4.78. The summed E-state index contributed by atoms with van der Waals surface area (Å²) in [4.78, 5) is 23.3. The average molecular weight is 468 g/mol. The molecule has 2 aliphatic rings. The zero-order chi connectivity index (χ0) is 23.7. The standard InChI is InChI=1S/C25H23F3N4O2/c26-25(27,28)34-22-4-1-18(2-5-22)16-32-17-19-15-21(3-6-23(19)24(32)33)31-13-11-30(12-14-31)20-7-9-29-10-8-20/h1-10,15H,11-14,16-17H2. The Kier molecular flexibility index (Phi) is 5.77. The minimum atomic E-state index is -4.72. The Hall–Kier alpha value is -3.75. The predicted molar refractivity (Wildman–Crippen MR) is 122 cm³/mol. The first-order valence-corrected chi connectivity index (χ1v) is 11.0. The number of carbonyl (C=O) groups is 1. The number of amides is 1. The largest absolute Gasteiger partial charge is 0.573 e. The summed E-state index contributed by atoms with van der Waals surface area (Å²) in [5, 5.41) is 0. The number of alkyl halides is 3. The molecule has 0 aliphatic carbocycles. The zero-order valence-electron chi connectivity index (χ0n) is 18.3. The molecule has 5 rings (SSSR count). The van der Waals surface area contributed by atoms with Crippen LogP contribution >= 0.6 is 0 Å². The zero-order valence-corrected chi connectivity index (χ0v) is 18.3. The molecule has 0 radical (unpaired) electrons. The van der Waals surface area contributed by atoms with Gasteiger partial charge in [0.05, 0.1) is 0 Å².